The van der Waals surface area contributed by atoms with Crippen LogP contribution in [0.5, 0.6) is 0 Å². The third kappa shape index (κ3) is 4.04. The summed E-state index contributed by atoms with van der Waals surface area (Å²) in [5, 5.41) is 19.4. The Balaban J connectivity index is 2.90. The molecule has 7 heteroatoms. The van der Waals surface area contributed by atoms with Crippen molar-refractivity contribution in [1.29, 1.82) is 0 Å². The second-order valence-corrected chi connectivity index (χ2v) is 5.70. The molecule has 1 rings (SSSR count). The summed E-state index contributed by atoms with van der Waals surface area (Å²) < 4.78 is 1.37. The second kappa shape index (κ2) is 6.49. The summed E-state index contributed by atoms with van der Waals surface area (Å²) in [5.74, 6) is -1.32. The molecule has 0 aromatic carbocycles. The SMILES string of the molecule is CCCCNC(=O)Cn1nnc(C(=O)O)c1C(C)(C)C. The minimum atomic E-state index is -1.13. The van der Waals surface area contributed by atoms with Crippen molar-refractivity contribution in [2.24, 2.45) is 0 Å². The lowest BCUT2D eigenvalue weighted by atomic mass is 9.90. The van der Waals surface area contributed by atoms with Crippen LogP contribution in [0.25, 0.3) is 0 Å². The number of amides is 1. The maximum Gasteiger partial charge on any atom is 0.358 e. The molecule has 1 amide bonds. The van der Waals surface area contributed by atoms with Crippen molar-refractivity contribution in [1.82, 2.24) is 20.3 Å². The van der Waals surface area contributed by atoms with Gasteiger partial charge in [-0.15, -0.1) is 5.10 Å². The van der Waals surface area contributed by atoms with Crippen LogP contribution in [-0.4, -0.2) is 38.5 Å². The van der Waals surface area contributed by atoms with Gasteiger partial charge in [-0.2, -0.15) is 0 Å². The van der Waals surface area contributed by atoms with Crippen molar-refractivity contribution >= 4 is 11.9 Å². The lowest BCUT2D eigenvalue weighted by molar-refractivity contribution is -0.121. The first-order valence-corrected chi connectivity index (χ1v) is 6.71. The van der Waals surface area contributed by atoms with E-state index in [0.29, 0.717) is 12.2 Å². The lowest BCUT2D eigenvalue weighted by Crippen LogP contribution is -2.31. The molecular formula is C13H22N4O3. The number of nitrogens with one attached hydrogen (secondary N) is 1. The largest absolute Gasteiger partial charge is 0.476 e. The maximum absolute atomic E-state index is 11.8. The molecule has 0 aliphatic carbocycles. The Hall–Kier alpha value is -1.92. The van der Waals surface area contributed by atoms with Gasteiger partial charge in [0.1, 0.15) is 6.54 Å². The van der Waals surface area contributed by atoms with Crippen molar-refractivity contribution in [2.75, 3.05) is 6.54 Å². The van der Waals surface area contributed by atoms with Crippen molar-refractivity contribution in [3.8, 4) is 0 Å². The molecule has 20 heavy (non-hydrogen) atoms. The Morgan fingerprint density at radius 3 is 2.50 bits per heavy atom. The summed E-state index contributed by atoms with van der Waals surface area (Å²) in [7, 11) is 0. The fourth-order valence-electron chi connectivity index (χ4n) is 1.91. The second-order valence-electron chi connectivity index (χ2n) is 5.70. The highest BCUT2D eigenvalue weighted by Crippen LogP contribution is 2.24. The fourth-order valence-corrected chi connectivity index (χ4v) is 1.91. The van der Waals surface area contributed by atoms with Gasteiger partial charge in [-0.3, -0.25) is 4.79 Å². The zero-order valence-corrected chi connectivity index (χ0v) is 12.4. The van der Waals surface area contributed by atoms with Crippen LogP contribution in [0.1, 0.15) is 56.7 Å². The average molecular weight is 282 g/mol. The van der Waals surface area contributed by atoms with Gasteiger partial charge in [0.2, 0.25) is 5.91 Å². The molecule has 0 saturated carbocycles. The standard InChI is InChI=1S/C13H22N4O3/c1-5-6-7-14-9(18)8-17-11(13(2,3)4)10(12(19)20)15-16-17/h5-8H2,1-4H3,(H,14,18)(H,19,20). The number of rotatable bonds is 6. The van der Waals surface area contributed by atoms with Crippen LogP contribution >= 0.6 is 0 Å². The Morgan fingerprint density at radius 2 is 2.00 bits per heavy atom. The predicted molar refractivity (Wildman–Crippen MR) is 73.6 cm³/mol. The zero-order chi connectivity index (χ0) is 15.3. The van der Waals surface area contributed by atoms with Crippen LogP contribution in [0.2, 0.25) is 0 Å². The fraction of sp³-hybridized carbons (Fsp3) is 0.692. The highest BCUT2D eigenvalue weighted by molar-refractivity contribution is 5.87. The van der Waals surface area contributed by atoms with Gasteiger partial charge in [0.05, 0.1) is 5.69 Å². The Kier molecular flexibility index (Phi) is 5.24. The first-order chi connectivity index (χ1) is 9.27. The van der Waals surface area contributed by atoms with Crippen LogP contribution in [-0.2, 0) is 16.8 Å². The van der Waals surface area contributed by atoms with Gasteiger partial charge in [-0.25, -0.2) is 9.48 Å². The molecule has 0 atom stereocenters. The maximum atomic E-state index is 11.8. The van der Waals surface area contributed by atoms with Crippen LogP contribution in [0.3, 0.4) is 0 Å². The molecule has 1 aromatic rings. The smallest absolute Gasteiger partial charge is 0.358 e. The molecule has 0 aliphatic heterocycles. The van der Waals surface area contributed by atoms with Crippen LogP contribution in [0, 0.1) is 0 Å². The molecule has 7 nitrogen and oxygen atoms in total. The molecule has 0 bridgehead atoms. The number of carboxylic acid groups (broad SMARTS) is 1. The van der Waals surface area contributed by atoms with E-state index in [0.717, 1.165) is 12.8 Å². The Morgan fingerprint density at radius 1 is 1.35 bits per heavy atom. The van der Waals surface area contributed by atoms with Crippen molar-refractivity contribution < 1.29 is 14.7 Å². The average Bonchev–Trinajstić information content (AvgIpc) is 2.72. The van der Waals surface area contributed by atoms with E-state index in [4.69, 9.17) is 5.11 Å². The van der Waals surface area contributed by atoms with Gasteiger partial charge in [-0.05, 0) is 6.42 Å². The molecule has 1 aromatic heterocycles. The van der Waals surface area contributed by atoms with Crippen molar-refractivity contribution in [3.05, 3.63) is 11.4 Å². The van der Waals surface area contributed by atoms with E-state index in [9.17, 15) is 9.59 Å². The summed E-state index contributed by atoms with van der Waals surface area (Å²) >= 11 is 0. The number of aromatic nitrogens is 3. The number of carbonyl (C=O) groups is 2. The monoisotopic (exact) mass is 282 g/mol. The summed E-state index contributed by atoms with van der Waals surface area (Å²) in [6.07, 6.45) is 1.91. The Bertz CT molecular complexity index is 488. The number of aromatic carboxylic acids is 1. The van der Waals surface area contributed by atoms with E-state index in [2.05, 4.69) is 15.6 Å². The number of carboxylic acids is 1. The lowest BCUT2D eigenvalue weighted by Gasteiger charge is -2.20. The van der Waals surface area contributed by atoms with E-state index in [1.165, 1.54) is 4.68 Å². The molecule has 0 saturated heterocycles. The third-order valence-electron chi connectivity index (χ3n) is 2.79. The molecule has 0 radical (unpaired) electrons. The van der Waals surface area contributed by atoms with Crippen LogP contribution in [0.15, 0.2) is 0 Å². The molecule has 0 aliphatic rings. The Labute approximate surface area is 118 Å². The van der Waals surface area contributed by atoms with Gasteiger partial charge >= 0.3 is 5.97 Å². The minimum Gasteiger partial charge on any atom is -0.476 e. The molecular weight excluding hydrogens is 260 g/mol. The number of unbranched alkanes of at least 4 members (excludes halogenated alkanes) is 1. The highest BCUT2D eigenvalue weighted by atomic mass is 16.4. The first kappa shape index (κ1) is 16.1. The summed E-state index contributed by atoms with van der Waals surface area (Å²) in [6, 6.07) is 0. The number of hydrogen-bond donors (Lipinski definition) is 2. The minimum absolute atomic E-state index is 0.0173. The van der Waals surface area contributed by atoms with E-state index in [-0.39, 0.29) is 18.1 Å². The van der Waals surface area contributed by atoms with Crippen molar-refractivity contribution in [3.63, 3.8) is 0 Å². The van der Waals surface area contributed by atoms with Gasteiger partial charge in [0.15, 0.2) is 5.69 Å². The summed E-state index contributed by atoms with van der Waals surface area (Å²) in [6.45, 7) is 8.23. The number of carbonyl (C=O) groups excluding carboxylic acids is 1. The van der Waals surface area contributed by atoms with Gasteiger partial charge in [-0.1, -0.05) is 39.3 Å². The van der Waals surface area contributed by atoms with E-state index < -0.39 is 11.4 Å². The molecule has 1 heterocycles. The molecule has 0 unspecified atom stereocenters. The van der Waals surface area contributed by atoms with Crippen molar-refractivity contribution in [2.45, 2.75) is 52.5 Å². The number of nitrogens with zero attached hydrogens (tertiary/aromatic N) is 3. The molecule has 2 N–H and O–H groups in total. The van der Waals surface area contributed by atoms with Gasteiger partial charge < -0.3 is 10.4 Å². The summed E-state index contributed by atoms with van der Waals surface area (Å²) in [4.78, 5) is 23.0. The van der Waals surface area contributed by atoms with Gasteiger partial charge in [0.25, 0.3) is 0 Å². The quantitative estimate of drug-likeness (QED) is 0.764. The normalized spacial score (nSPS) is 11.4. The highest BCUT2D eigenvalue weighted by Gasteiger charge is 2.29. The molecule has 112 valence electrons. The first-order valence-electron chi connectivity index (χ1n) is 6.71. The van der Waals surface area contributed by atoms with Crippen LogP contribution in [0.4, 0.5) is 0 Å². The topological polar surface area (TPSA) is 97.1 Å². The van der Waals surface area contributed by atoms with E-state index in [1.807, 2.05) is 27.7 Å². The summed E-state index contributed by atoms with van der Waals surface area (Å²) in [5.41, 5.74) is -0.101. The van der Waals surface area contributed by atoms with Crippen LogP contribution < -0.4 is 5.32 Å². The van der Waals surface area contributed by atoms with E-state index in [1.54, 1.807) is 0 Å². The third-order valence-corrected chi connectivity index (χ3v) is 2.79. The number of hydrogen-bond acceptors (Lipinski definition) is 4. The predicted octanol–water partition coefficient (Wildman–Crippen LogP) is 1.19. The molecule has 0 spiro atoms. The molecule has 0 fully saturated rings. The zero-order valence-electron chi connectivity index (χ0n) is 12.4. The van der Waals surface area contributed by atoms with Gasteiger partial charge in [0, 0.05) is 12.0 Å². The van der Waals surface area contributed by atoms with E-state index >= 15 is 0 Å².